The summed E-state index contributed by atoms with van der Waals surface area (Å²) in [6.45, 7) is 20.1. The van der Waals surface area contributed by atoms with Crippen LogP contribution < -0.4 is 0 Å². The Morgan fingerprint density at radius 3 is 2.42 bits per heavy atom. The van der Waals surface area contributed by atoms with Crippen LogP contribution in [0, 0.1) is 0 Å². The van der Waals surface area contributed by atoms with Crippen LogP contribution in [0.4, 0.5) is 0 Å². The first-order valence-corrected chi connectivity index (χ1v) is 13.2. The molecule has 0 atom stereocenters. The van der Waals surface area contributed by atoms with Gasteiger partial charge in [0.25, 0.3) is 0 Å². The van der Waals surface area contributed by atoms with Gasteiger partial charge in [-0.25, -0.2) is 0 Å². The predicted octanol–water partition coefficient (Wildman–Crippen LogP) is 8.46. The maximum Gasteiger partial charge on any atom is 0.0890 e. The molecule has 186 valence electrons. The van der Waals surface area contributed by atoms with E-state index in [1.54, 1.807) is 0 Å². The molecule has 2 heterocycles. The summed E-state index contributed by atoms with van der Waals surface area (Å²) in [5.41, 5.74) is 13.5. The lowest BCUT2D eigenvalue weighted by Gasteiger charge is -2.36. The summed E-state index contributed by atoms with van der Waals surface area (Å²) < 4.78 is 0. The van der Waals surface area contributed by atoms with Crippen LogP contribution in [0.5, 0.6) is 0 Å². The van der Waals surface area contributed by atoms with Gasteiger partial charge in [-0.1, -0.05) is 66.8 Å². The summed E-state index contributed by atoms with van der Waals surface area (Å²) in [7, 11) is 0. The zero-order valence-electron chi connectivity index (χ0n) is 22.5. The second-order valence-corrected chi connectivity index (χ2v) is 10.3. The molecular weight excluding hydrogens is 436 g/mol. The number of benzene rings is 1. The van der Waals surface area contributed by atoms with Crippen molar-refractivity contribution in [1.82, 2.24) is 4.90 Å². The van der Waals surface area contributed by atoms with Crippen LogP contribution in [-0.2, 0) is 0 Å². The van der Waals surface area contributed by atoms with Crippen molar-refractivity contribution in [3.8, 4) is 0 Å². The molecule has 2 nitrogen and oxygen atoms in total. The number of rotatable bonds is 6. The average Bonchev–Trinajstić information content (AvgIpc) is 2.87. The average molecular weight is 477 g/mol. The third-order valence-electron chi connectivity index (χ3n) is 7.31. The quantitative estimate of drug-likeness (QED) is 0.297. The third-order valence-corrected chi connectivity index (χ3v) is 7.31. The molecule has 0 spiro atoms. The number of aliphatic imine (C=N–C) groups is 1. The topological polar surface area (TPSA) is 15.6 Å². The molecule has 0 amide bonds. The van der Waals surface area contributed by atoms with Crippen molar-refractivity contribution < 1.29 is 0 Å². The van der Waals surface area contributed by atoms with Gasteiger partial charge < -0.3 is 4.90 Å². The molecule has 3 aliphatic rings. The van der Waals surface area contributed by atoms with Gasteiger partial charge in [-0.05, 0) is 92.9 Å². The van der Waals surface area contributed by atoms with Gasteiger partial charge in [0.15, 0.2) is 0 Å². The predicted molar refractivity (Wildman–Crippen MR) is 156 cm³/mol. The zero-order valence-corrected chi connectivity index (χ0v) is 22.5. The molecule has 1 fully saturated rings. The van der Waals surface area contributed by atoms with E-state index < -0.39 is 0 Å². The summed E-state index contributed by atoms with van der Waals surface area (Å²) in [6.07, 6.45) is 15.8. The number of nitrogens with zero attached hydrogens (tertiary/aromatic N) is 2. The number of hydrogen-bond acceptors (Lipinski definition) is 2. The van der Waals surface area contributed by atoms with E-state index in [-0.39, 0.29) is 0 Å². The van der Waals surface area contributed by atoms with Crippen molar-refractivity contribution in [2.45, 2.75) is 53.4 Å². The van der Waals surface area contributed by atoms with E-state index in [4.69, 9.17) is 4.99 Å². The molecule has 2 aliphatic heterocycles. The van der Waals surface area contributed by atoms with Gasteiger partial charge in [0.05, 0.1) is 18.0 Å². The van der Waals surface area contributed by atoms with Gasteiger partial charge in [0.2, 0.25) is 0 Å². The van der Waals surface area contributed by atoms with Gasteiger partial charge in [-0.15, -0.1) is 6.58 Å². The van der Waals surface area contributed by atoms with Crippen molar-refractivity contribution >= 4 is 5.71 Å². The van der Waals surface area contributed by atoms with Crippen LogP contribution in [0.3, 0.4) is 0 Å². The molecule has 1 aliphatic carbocycles. The molecule has 4 rings (SSSR count). The second-order valence-electron chi connectivity index (χ2n) is 10.3. The zero-order chi connectivity index (χ0) is 25.7. The minimum Gasteiger partial charge on any atom is -0.369 e. The van der Waals surface area contributed by atoms with E-state index in [9.17, 15) is 0 Å². The van der Waals surface area contributed by atoms with Crippen molar-refractivity contribution in [2.24, 2.45) is 4.99 Å². The fourth-order valence-electron chi connectivity index (χ4n) is 5.46. The number of allylic oxidation sites excluding steroid dienone is 12. The van der Waals surface area contributed by atoms with Gasteiger partial charge in [-0.2, -0.15) is 0 Å². The highest BCUT2D eigenvalue weighted by molar-refractivity contribution is 6.14. The van der Waals surface area contributed by atoms with E-state index in [1.807, 2.05) is 6.08 Å². The molecule has 0 bridgehead atoms. The number of hydrogen-bond donors (Lipinski definition) is 0. The fraction of sp³-hybridized carbons (Fsp3) is 0.324. The minimum atomic E-state index is 0.672. The van der Waals surface area contributed by atoms with Gasteiger partial charge in [0.1, 0.15) is 0 Å². The molecule has 0 unspecified atom stereocenters. The highest BCUT2D eigenvalue weighted by Crippen LogP contribution is 2.35. The van der Waals surface area contributed by atoms with Crippen LogP contribution in [0.1, 0.15) is 58.9 Å². The first-order chi connectivity index (χ1) is 17.4. The standard InChI is InChI=1S/C34H40N2/c1-7-14-29(24(2)3)21-26(5)32-25(4)17-18-31-30(22-27(32)6)23-35-33(28-15-10-8-11-16-28)34(31)36-19-12-9-13-20-36/h7-8,10-11,15-18,21-22H,1,6,9,12-14,19-20,23H2,2-5H3/b18-17+,26-21+,30-22-,32-25-. The lowest BCUT2D eigenvalue weighted by Crippen LogP contribution is -2.35. The maximum atomic E-state index is 5.16. The van der Waals surface area contributed by atoms with Crippen LogP contribution >= 0.6 is 0 Å². The maximum absolute atomic E-state index is 5.16. The summed E-state index contributed by atoms with van der Waals surface area (Å²) >= 11 is 0. The fourth-order valence-corrected chi connectivity index (χ4v) is 5.46. The van der Waals surface area contributed by atoms with E-state index in [2.05, 4.69) is 100 Å². The van der Waals surface area contributed by atoms with E-state index in [0.717, 1.165) is 30.8 Å². The molecule has 0 aromatic heterocycles. The van der Waals surface area contributed by atoms with Crippen LogP contribution in [0.2, 0.25) is 0 Å². The van der Waals surface area contributed by atoms with Crippen molar-refractivity contribution in [2.75, 3.05) is 19.6 Å². The summed E-state index contributed by atoms with van der Waals surface area (Å²) in [6, 6.07) is 10.7. The van der Waals surface area contributed by atoms with Gasteiger partial charge in [-0.3, -0.25) is 4.99 Å². The summed E-state index contributed by atoms with van der Waals surface area (Å²) in [5.74, 6) is 0. The lowest BCUT2D eigenvalue weighted by atomic mass is 9.85. The minimum absolute atomic E-state index is 0.672. The molecule has 1 aromatic carbocycles. The number of dihydropyridines is 1. The van der Waals surface area contributed by atoms with E-state index in [1.165, 1.54) is 69.5 Å². The first-order valence-electron chi connectivity index (χ1n) is 13.2. The second kappa shape index (κ2) is 11.6. The summed E-state index contributed by atoms with van der Waals surface area (Å²) in [4.78, 5) is 7.72. The van der Waals surface area contributed by atoms with E-state index >= 15 is 0 Å². The highest BCUT2D eigenvalue weighted by Gasteiger charge is 2.27. The van der Waals surface area contributed by atoms with Crippen LogP contribution in [0.15, 0.2) is 129 Å². The molecule has 0 N–H and O–H groups in total. The van der Waals surface area contributed by atoms with E-state index in [0.29, 0.717) is 6.54 Å². The Morgan fingerprint density at radius 2 is 1.75 bits per heavy atom. The molecular formula is C34H40N2. The highest BCUT2D eigenvalue weighted by atomic mass is 15.2. The number of fused-ring (bicyclic) bond motifs is 1. The molecule has 2 heteroatoms. The Kier molecular flexibility index (Phi) is 8.25. The first kappa shape index (κ1) is 25.7. The number of piperidine rings is 1. The smallest absolute Gasteiger partial charge is 0.0890 e. The van der Waals surface area contributed by atoms with Crippen LogP contribution in [-0.4, -0.2) is 30.2 Å². The van der Waals surface area contributed by atoms with Crippen molar-refractivity contribution in [1.29, 1.82) is 0 Å². The molecule has 1 aromatic rings. The third kappa shape index (κ3) is 5.54. The Labute approximate surface area is 218 Å². The van der Waals surface area contributed by atoms with Crippen molar-refractivity contribution in [3.63, 3.8) is 0 Å². The lowest BCUT2D eigenvalue weighted by molar-refractivity contribution is 0.295. The Bertz CT molecular complexity index is 1250. The Morgan fingerprint density at radius 1 is 1.03 bits per heavy atom. The Hall–Kier alpha value is -3.39. The molecule has 36 heavy (non-hydrogen) atoms. The molecule has 1 saturated heterocycles. The molecule has 0 radical (unpaired) electrons. The SMILES string of the molecule is C=CCC(/C=C(C)/C1=C(C)/C=C/C2=C(N3CCCCC3)C(c3ccccc3)=NC/C2=C/C1=C)=C(C)C. The monoisotopic (exact) mass is 476 g/mol. The van der Waals surface area contributed by atoms with Gasteiger partial charge in [0, 0.05) is 24.2 Å². The number of likely N-dealkylation sites (tertiary alicyclic amines) is 1. The van der Waals surface area contributed by atoms with Crippen molar-refractivity contribution in [3.05, 3.63) is 130 Å². The van der Waals surface area contributed by atoms with Crippen LogP contribution in [0.25, 0.3) is 0 Å². The normalized spacial score (nSPS) is 23.2. The summed E-state index contributed by atoms with van der Waals surface area (Å²) in [5, 5.41) is 0. The largest absolute Gasteiger partial charge is 0.369 e. The van der Waals surface area contributed by atoms with Gasteiger partial charge >= 0.3 is 0 Å². The Balaban J connectivity index is 1.84. The molecule has 0 saturated carbocycles.